The first-order valence-corrected chi connectivity index (χ1v) is 29.3. The van der Waals surface area contributed by atoms with Crippen LogP contribution in [0.15, 0.2) is 117 Å². The number of para-hydroxylation sites is 2. The van der Waals surface area contributed by atoms with Crippen molar-refractivity contribution >= 4 is 64.2 Å². The Hall–Kier alpha value is -5.26. The third-order valence-electron chi connectivity index (χ3n) is 13.9. The lowest BCUT2D eigenvalue weighted by atomic mass is 9.77. The first kappa shape index (κ1) is 59.0. The number of amides is 2. The third kappa shape index (κ3) is 16.4. The average molecular weight is 1090 g/mol. The van der Waals surface area contributed by atoms with Gasteiger partial charge in [0.05, 0.1) is 23.7 Å². The Kier molecular flexibility index (Phi) is 20.6. The van der Waals surface area contributed by atoms with E-state index in [1.807, 2.05) is 36.4 Å². The molecule has 3 aromatic carbocycles. The number of alkyl halides is 1. The van der Waals surface area contributed by atoms with Gasteiger partial charge in [0.1, 0.15) is 11.5 Å². The zero-order chi connectivity index (χ0) is 54.6. The summed E-state index contributed by atoms with van der Waals surface area (Å²) in [6, 6.07) is 20.3. The maximum atomic E-state index is 15.0. The molecule has 2 amide bonds. The molecule has 0 saturated carbocycles. The summed E-state index contributed by atoms with van der Waals surface area (Å²) in [7, 11) is -9.06. The summed E-state index contributed by atoms with van der Waals surface area (Å²) in [5.74, 6) is -1.74. The van der Waals surface area contributed by atoms with E-state index in [2.05, 4.69) is 83.4 Å². The van der Waals surface area contributed by atoms with Gasteiger partial charge in [0.25, 0.3) is 16.0 Å². The van der Waals surface area contributed by atoms with Crippen LogP contribution in [0.5, 0.6) is 5.75 Å². The van der Waals surface area contributed by atoms with E-state index in [-0.39, 0.29) is 59.8 Å². The molecule has 75 heavy (non-hydrogen) atoms. The number of phosphoric acid groups is 1. The third-order valence-corrected chi connectivity index (χ3v) is 15.6. The van der Waals surface area contributed by atoms with Crippen molar-refractivity contribution in [2.24, 2.45) is 4.99 Å². The highest BCUT2D eigenvalue weighted by molar-refractivity contribution is 7.85. The second-order valence-corrected chi connectivity index (χ2v) is 23.6. The first-order chi connectivity index (χ1) is 35.5. The van der Waals surface area contributed by atoms with Gasteiger partial charge < -0.3 is 25.4 Å². The number of hydrogen-bond acceptors (Lipinski definition) is 10. The van der Waals surface area contributed by atoms with Gasteiger partial charge in [-0.3, -0.25) is 33.7 Å². The van der Waals surface area contributed by atoms with Crippen LogP contribution >= 0.6 is 19.4 Å². The summed E-state index contributed by atoms with van der Waals surface area (Å²) < 4.78 is 63.5. The van der Waals surface area contributed by atoms with Crippen LogP contribution in [-0.4, -0.2) is 84.5 Å². The molecule has 2 heterocycles. The zero-order valence-corrected chi connectivity index (χ0v) is 46.1. The molecule has 0 bridgehead atoms. The Balaban J connectivity index is 0.939. The molecule has 1 atom stereocenters. The minimum Gasteiger partial charge on any atom is -0.404 e. The van der Waals surface area contributed by atoms with Crippen LogP contribution in [0, 0.1) is 6.92 Å². The maximum absolute atomic E-state index is 15.0. The van der Waals surface area contributed by atoms with Gasteiger partial charge in [-0.1, -0.05) is 112 Å². The molecule has 0 aromatic heterocycles. The number of carbonyl (C=O) groups excluding carboxylic acids is 3. The number of halogens is 2. The number of fused-ring (bicyclic) bond motifs is 2. The molecular formula is C56H72ClFN5O10PS. The molecule has 6 N–H and O–H groups in total. The highest BCUT2D eigenvalue weighted by Crippen LogP contribution is 2.49. The molecule has 15 nitrogen and oxygen atoms in total. The number of nitrogens with one attached hydrogen (secondary N) is 3. The molecule has 3 aromatic rings. The fraction of sp³-hybridized carbons (Fsp3) is 0.464. The molecule has 0 fully saturated rings. The van der Waals surface area contributed by atoms with Gasteiger partial charge in [-0.25, -0.2) is 8.96 Å². The average Bonchev–Trinajstić information content (AvgIpc) is 3.91. The largest absolute Gasteiger partial charge is 0.524 e. The van der Waals surface area contributed by atoms with Crippen LogP contribution in [0.25, 0.3) is 0 Å². The quantitative estimate of drug-likeness (QED) is 0.0227. The van der Waals surface area contributed by atoms with Gasteiger partial charge in [0, 0.05) is 71.8 Å². The zero-order valence-electron chi connectivity index (χ0n) is 43.6. The lowest BCUT2D eigenvalue weighted by Crippen LogP contribution is -2.34. The second kappa shape index (κ2) is 26.2. The van der Waals surface area contributed by atoms with Gasteiger partial charge in [0.15, 0.2) is 0 Å². The van der Waals surface area contributed by atoms with Gasteiger partial charge in [-0.15, -0.1) is 0 Å². The number of unbranched alkanes of at least 4 members (excludes halogenated alkanes) is 4. The standard InChI is InChI=1S/C56H72ClFN5O10PS/c1-38-24-28-48(73-74(67,68)69)43(35-38)52(58)54(66)61-30-15-7-10-23-50(65)60-32-31-59-37-42(64)18-9-6-8-17-41(53-56(4,5)44-19-11-13-21-46(44)62-53)36-40-26-25-39(51(40)57)27-29-49-55(2,3)45-20-12-14-22-47(45)63(49)33-16-34-75(70,71)72/h11-14,19-22,24,27-29,35-36,52,59H,6-10,15-18,23,25-26,30-34,37H2,1-5H3,(H,60,65)(H,61,66)(H2,67,68,69)(H,70,71,72)/b39-27+,41-36+,49-29+. The molecule has 0 spiro atoms. The topological polar surface area (TPSA) is 224 Å². The Morgan fingerprint density at radius 2 is 1.55 bits per heavy atom. The molecule has 3 aliphatic rings. The van der Waals surface area contributed by atoms with E-state index in [0.717, 1.165) is 83.6 Å². The predicted octanol–water partition coefficient (Wildman–Crippen LogP) is 10.5. The van der Waals surface area contributed by atoms with Crippen molar-refractivity contribution in [3.63, 3.8) is 0 Å². The van der Waals surface area contributed by atoms with Crippen LogP contribution in [0.2, 0.25) is 0 Å². The number of allylic oxidation sites excluding steroid dienone is 8. The summed E-state index contributed by atoms with van der Waals surface area (Å²) in [4.78, 5) is 63.3. The highest BCUT2D eigenvalue weighted by atomic mass is 35.5. The van der Waals surface area contributed by atoms with E-state index in [1.165, 1.54) is 23.8 Å². The van der Waals surface area contributed by atoms with E-state index in [4.69, 9.17) is 26.4 Å². The van der Waals surface area contributed by atoms with Crippen molar-refractivity contribution in [2.75, 3.05) is 43.4 Å². The summed E-state index contributed by atoms with van der Waals surface area (Å²) in [6.07, 6.45) is 11.6. The van der Waals surface area contributed by atoms with Crippen LogP contribution in [-0.2, 0) is 39.9 Å². The monoisotopic (exact) mass is 1090 g/mol. The van der Waals surface area contributed by atoms with E-state index in [9.17, 15) is 36.3 Å². The van der Waals surface area contributed by atoms with E-state index >= 15 is 0 Å². The molecular weight excluding hydrogens is 1020 g/mol. The van der Waals surface area contributed by atoms with Crippen LogP contribution < -0.4 is 25.4 Å². The number of phosphoric ester groups is 1. The molecule has 406 valence electrons. The number of anilines is 1. The van der Waals surface area contributed by atoms with Crippen LogP contribution in [0.1, 0.15) is 133 Å². The normalized spacial score (nSPS) is 17.5. The maximum Gasteiger partial charge on any atom is 0.524 e. The van der Waals surface area contributed by atoms with Crippen molar-refractivity contribution in [2.45, 2.75) is 129 Å². The predicted molar refractivity (Wildman–Crippen MR) is 294 cm³/mol. The van der Waals surface area contributed by atoms with Crippen molar-refractivity contribution in [1.29, 1.82) is 0 Å². The number of Topliss-reactive ketones (excluding diaryl/α,β-unsaturated/α-hetero) is 1. The van der Waals surface area contributed by atoms with E-state index < -0.39 is 35.8 Å². The molecule has 6 rings (SSSR count). The molecule has 0 saturated heterocycles. The number of hydrogen-bond donors (Lipinski definition) is 6. The van der Waals surface area contributed by atoms with Crippen molar-refractivity contribution in [1.82, 2.24) is 16.0 Å². The Morgan fingerprint density at radius 1 is 0.853 bits per heavy atom. The second-order valence-electron chi connectivity index (χ2n) is 20.5. The SMILES string of the molecule is Cc1ccc(OP(=O)(O)O)c(C(F)C(=O)NCCCCCC(=O)NCCNCC(=O)CCCCC/C(=C\C2=C(Cl)C(=C/C=C3/N(CCCS(=O)(=O)O)c4ccccc4C3(C)C)/CC2)C2=Nc3ccccc3C2(C)C)c1. The Bertz CT molecular complexity index is 2910. The summed E-state index contributed by atoms with van der Waals surface area (Å²) in [6.45, 7) is 12.0. The number of benzene rings is 3. The molecule has 1 aliphatic carbocycles. The smallest absolute Gasteiger partial charge is 0.404 e. The lowest BCUT2D eigenvalue weighted by molar-refractivity contribution is -0.126. The van der Waals surface area contributed by atoms with Gasteiger partial charge in [-0.2, -0.15) is 8.42 Å². The van der Waals surface area contributed by atoms with E-state index in [1.54, 1.807) is 6.92 Å². The number of aryl methyl sites for hydroxylation is 1. The fourth-order valence-electron chi connectivity index (χ4n) is 10.00. The van der Waals surface area contributed by atoms with Gasteiger partial charge in [0.2, 0.25) is 12.1 Å². The fourth-order valence-corrected chi connectivity index (χ4v) is 11.2. The van der Waals surface area contributed by atoms with Crippen LogP contribution in [0.3, 0.4) is 0 Å². The molecule has 0 radical (unpaired) electrons. The molecule has 2 aliphatic heterocycles. The number of rotatable bonds is 28. The van der Waals surface area contributed by atoms with Crippen molar-refractivity contribution in [3.8, 4) is 5.75 Å². The summed E-state index contributed by atoms with van der Waals surface area (Å²) >= 11 is 7.24. The summed E-state index contributed by atoms with van der Waals surface area (Å²) in [5.41, 5.74) is 9.17. The number of carbonyl (C=O) groups is 3. The first-order valence-electron chi connectivity index (χ1n) is 25.7. The van der Waals surface area contributed by atoms with Gasteiger partial charge >= 0.3 is 7.82 Å². The van der Waals surface area contributed by atoms with Crippen LogP contribution in [0.4, 0.5) is 15.8 Å². The van der Waals surface area contributed by atoms with Gasteiger partial charge in [-0.05, 0) is 116 Å². The molecule has 19 heteroatoms. The number of ketones is 1. The van der Waals surface area contributed by atoms with E-state index in [0.29, 0.717) is 55.9 Å². The highest BCUT2D eigenvalue weighted by Gasteiger charge is 2.40. The Labute approximate surface area is 446 Å². The lowest BCUT2D eigenvalue weighted by Gasteiger charge is -2.27. The minimum atomic E-state index is -4.96. The number of aliphatic imine (C=N–C) groups is 1. The molecule has 1 unspecified atom stereocenters. The van der Waals surface area contributed by atoms with Crippen molar-refractivity contribution in [3.05, 3.63) is 135 Å². The number of nitrogens with zero attached hydrogens (tertiary/aromatic N) is 2. The Morgan fingerprint density at radius 3 is 2.28 bits per heavy atom. The summed E-state index contributed by atoms with van der Waals surface area (Å²) in [5, 5.41) is 9.16. The van der Waals surface area contributed by atoms with Crippen molar-refractivity contribution < 1.29 is 50.6 Å². The minimum absolute atomic E-state index is 0.0945.